The van der Waals surface area contributed by atoms with E-state index in [2.05, 4.69) is 0 Å². The zero-order valence-electron chi connectivity index (χ0n) is 12.4. The summed E-state index contributed by atoms with van der Waals surface area (Å²) in [6, 6.07) is 0. The van der Waals surface area contributed by atoms with E-state index in [-0.39, 0.29) is 25.2 Å². The van der Waals surface area contributed by atoms with Gasteiger partial charge in [-0.25, -0.2) is 4.79 Å². The number of ether oxygens (including phenoxy) is 3. The normalized spacial score (nSPS) is 33.9. The molecule has 0 N–H and O–H groups in total. The summed E-state index contributed by atoms with van der Waals surface area (Å²) in [7, 11) is 0. The zero-order chi connectivity index (χ0) is 15.6. The van der Waals surface area contributed by atoms with Gasteiger partial charge in [0, 0.05) is 25.7 Å². The molecule has 2 fully saturated rings. The lowest BCUT2D eigenvalue weighted by atomic mass is 9.94. The number of rotatable bonds is 1. The number of hydrogen-bond acceptors (Lipinski definition) is 6. The van der Waals surface area contributed by atoms with Gasteiger partial charge >= 0.3 is 5.97 Å². The Labute approximate surface area is 128 Å². The van der Waals surface area contributed by atoms with Crippen molar-refractivity contribution in [3.63, 3.8) is 0 Å². The van der Waals surface area contributed by atoms with Gasteiger partial charge in [-0.1, -0.05) is 18.6 Å². The van der Waals surface area contributed by atoms with Gasteiger partial charge in [0.05, 0.1) is 6.61 Å². The lowest BCUT2D eigenvalue weighted by molar-refractivity contribution is -0.200. The van der Waals surface area contributed by atoms with Gasteiger partial charge in [-0.05, 0) is 12.8 Å². The molecular weight excluding hydrogens is 288 g/mol. The van der Waals surface area contributed by atoms with Crippen molar-refractivity contribution in [3.8, 4) is 0 Å². The Balaban J connectivity index is 1.73. The Morgan fingerprint density at radius 3 is 2.50 bits per heavy atom. The molecule has 0 unspecified atom stereocenters. The van der Waals surface area contributed by atoms with Crippen LogP contribution in [0.3, 0.4) is 0 Å². The van der Waals surface area contributed by atoms with Crippen LogP contribution < -0.4 is 0 Å². The number of cyclic esters (lactones) is 1. The molecule has 0 aromatic carbocycles. The Kier molecular flexibility index (Phi) is 4.40. The van der Waals surface area contributed by atoms with E-state index < -0.39 is 29.7 Å². The quantitative estimate of drug-likeness (QED) is 0.414. The molecule has 6 heteroatoms. The predicted octanol–water partition coefficient (Wildman–Crippen LogP) is 1.46. The van der Waals surface area contributed by atoms with E-state index >= 15 is 0 Å². The highest BCUT2D eigenvalue weighted by Gasteiger charge is 2.47. The van der Waals surface area contributed by atoms with Crippen LogP contribution >= 0.6 is 0 Å². The Bertz CT molecular complexity index is 503. The summed E-state index contributed by atoms with van der Waals surface area (Å²) in [4.78, 5) is 35.6. The van der Waals surface area contributed by atoms with Crippen molar-refractivity contribution in [3.05, 3.63) is 12.2 Å². The second-order valence-electron chi connectivity index (χ2n) is 6.03. The number of hydrogen-bond donors (Lipinski definition) is 0. The first-order valence-corrected chi connectivity index (χ1v) is 7.83. The number of ketones is 2. The average molecular weight is 308 g/mol. The molecule has 2 heterocycles. The highest BCUT2D eigenvalue weighted by atomic mass is 16.8. The van der Waals surface area contributed by atoms with Crippen molar-refractivity contribution in [2.24, 2.45) is 0 Å². The third-order valence-corrected chi connectivity index (χ3v) is 4.40. The third kappa shape index (κ3) is 3.13. The first kappa shape index (κ1) is 15.4. The summed E-state index contributed by atoms with van der Waals surface area (Å²) in [5.74, 6) is -2.53. The van der Waals surface area contributed by atoms with Crippen LogP contribution in [0, 0.1) is 0 Å². The Morgan fingerprint density at radius 1 is 1.00 bits per heavy atom. The smallest absolute Gasteiger partial charge is 0.375 e. The number of carbonyl (C=O) groups excluding carboxylic acids is 3. The van der Waals surface area contributed by atoms with Crippen LogP contribution in [-0.4, -0.2) is 42.1 Å². The summed E-state index contributed by atoms with van der Waals surface area (Å²) >= 11 is 0. The molecule has 0 radical (unpaired) electrons. The standard InChI is InChI=1S/C16H20O6/c17-11-6-2-3-7-12(18)15(19)21-14(11)13-10-20-16(22-13)8-4-1-5-9-16/h2-3,13-14H,1,4-10H2/b3-2-/t13-,14-/m0/s1. The minimum Gasteiger partial charge on any atom is -0.446 e. The molecule has 6 nitrogen and oxygen atoms in total. The molecule has 1 aliphatic carbocycles. The number of Topliss-reactive ketones (excluding diaryl/α,β-unsaturated/α-hetero) is 2. The lowest BCUT2D eigenvalue weighted by Gasteiger charge is -2.32. The topological polar surface area (TPSA) is 78.9 Å². The van der Waals surface area contributed by atoms with E-state index in [0.717, 1.165) is 32.1 Å². The molecular formula is C16H20O6. The summed E-state index contributed by atoms with van der Waals surface area (Å²) in [5, 5.41) is 0. The molecule has 22 heavy (non-hydrogen) atoms. The fraction of sp³-hybridized carbons (Fsp3) is 0.688. The van der Waals surface area contributed by atoms with Crippen molar-refractivity contribution in [1.82, 2.24) is 0 Å². The lowest BCUT2D eigenvalue weighted by Crippen LogP contribution is -2.42. The fourth-order valence-corrected chi connectivity index (χ4v) is 3.20. The largest absolute Gasteiger partial charge is 0.446 e. The van der Waals surface area contributed by atoms with Crippen LogP contribution in [-0.2, 0) is 28.6 Å². The van der Waals surface area contributed by atoms with E-state index in [0.29, 0.717) is 0 Å². The van der Waals surface area contributed by atoms with Gasteiger partial charge < -0.3 is 14.2 Å². The molecule has 0 aromatic rings. The molecule has 3 rings (SSSR count). The monoisotopic (exact) mass is 308 g/mol. The average Bonchev–Trinajstić information content (AvgIpc) is 2.93. The molecule has 3 aliphatic rings. The minimum absolute atomic E-state index is 0.0369. The summed E-state index contributed by atoms with van der Waals surface area (Å²) in [5.41, 5.74) is 0. The molecule has 1 saturated heterocycles. The van der Waals surface area contributed by atoms with Crippen LogP contribution in [0.1, 0.15) is 44.9 Å². The maximum atomic E-state index is 12.3. The van der Waals surface area contributed by atoms with Crippen molar-refractivity contribution < 1.29 is 28.6 Å². The minimum atomic E-state index is -1.07. The van der Waals surface area contributed by atoms with Crippen molar-refractivity contribution in [2.75, 3.05) is 6.61 Å². The van der Waals surface area contributed by atoms with Gasteiger partial charge in [-0.3, -0.25) is 9.59 Å². The first-order valence-electron chi connectivity index (χ1n) is 7.83. The Morgan fingerprint density at radius 2 is 1.73 bits per heavy atom. The molecule has 2 atom stereocenters. The number of carbonyl (C=O) groups is 3. The van der Waals surface area contributed by atoms with E-state index in [1.54, 1.807) is 6.08 Å². The Hall–Kier alpha value is -1.53. The van der Waals surface area contributed by atoms with Gasteiger partial charge in [0.15, 0.2) is 17.7 Å². The maximum absolute atomic E-state index is 12.3. The van der Waals surface area contributed by atoms with Gasteiger partial charge in [0.1, 0.15) is 6.10 Å². The van der Waals surface area contributed by atoms with Gasteiger partial charge in [0.2, 0.25) is 5.78 Å². The maximum Gasteiger partial charge on any atom is 0.375 e. The summed E-state index contributed by atoms with van der Waals surface area (Å²) < 4.78 is 16.9. The van der Waals surface area contributed by atoms with Crippen LogP contribution in [0.4, 0.5) is 0 Å². The van der Waals surface area contributed by atoms with E-state index in [1.807, 2.05) is 0 Å². The van der Waals surface area contributed by atoms with E-state index in [9.17, 15) is 14.4 Å². The first-order chi connectivity index (χ1) is 10.6. The van der Waals surface area contributed by atoms with E-state index in [4.69, 9.17) is 14.2 Å². The van der Waals surface area contributed by atoms with Crippen LogP contribution in [0.15, 0.2) is 12.2 Å². The van der Waals surface area contributed by atoms with Crippen molar-refractivity contribution in [2.45, 2.75) is 62.9 Å². The molecule has 120 valence electrons. The highest BCUT2D eigenvalue weighted by Crippen LogP contribution is 2.39. The fourth-order valence-electron chi connectivity index (χ4n) is 3.20. The number of allylic oxidation sites excluding steroid dienone is 2. The van der Waals surface area contributed by atoms with Crippen LogP contribution in [0.5, 0.6) is 0 Å². The molecule has 2 aliphatic heterocycles. The highest BCUT2D eigenvalue weighted by molar-refractivity contribution is 6.34. The molecule has 0 amide bonds. The van der Waals surface area contributed by atoms with Crippen molar-refractivity contribution in [1.29, 1.82) is 0 Å². The van der Waals surface area contributed by atoms with Gasteiger partial charge in [-0.2, -0.15) is 0 Å². The van der Waals surface area contributed by atoms with Gasteiger partial charge in [0.25, 0.3) is 0 Å². The second-order valence-corrected chi connectivity index (χ2v) is 6.03. The summed E-state index contributed by atoms with van der Waals surface area (Å²) in [6.07, 6.45) is 6.28. The van der Waals surface area contributed by atoms with Crippen molar-refractivity contribution >= 4 is 17.5 Å². The van der Waals surface area contributed by atoms with E-state index in [1.165, 1.54) is 6.08 Å². The van der Waals surface area contributed by atoms with Crippen LogP contribution in [0.2, 0.25) is 0 Å². The van der Waals surface area contributed by atoms with Crippen LogP contribution in [0.25, 0.3) is 0 Å². The second kappa shape index (κ2) is 6.30. The zero-order valence-corrected chi connectivity index (χ0v) is 12.4. The third-order valence-electron chi connectivity index (χ3n) is 4.40. The van der Waals surface area contributed by atoms with Gasteiger partial charge in [-0.15, -0.1) is 0 Å². The number of esters is 1. The molecule has 1 saturated carbocycles. The summed E-state index contributed by atoms with van der Waals surface area (Å²) in [6.45, 7) is 0.210. The SMILES string of the molecule is O=C1C/C=C\CC(=O)[C@@H]([C@@H]2COC3(CCCCC3)O2)OC1=O. The predicted molar refractivity (Wildman–Crippen MR) is 74.9 cm³/mol. The molecule has 0 aromatic heterocycles. The molecule has 1 spiro atoms. The molecule has 0 bridgehead atoms.